The lowest BCUT2D eigenvalue weighted by Crippen LogP contribution is -2.06. The molecule has 2 nitrogen and oxygen atoms in total. The Hall–Kier alpha value is -1.19. The van der Waals surface area contributed by atoms with Crippen LogP contribution in [-0.4, -0.2) is 16.2 Å². The first-order valence-corrected chi connectivity index (χ1v) is 8.35. The second-order valence-electron chi connectivity index (χ2n) is 5.79. The van der Waals surface area contributed by atoms with Gasteiger partial charge in [0.15, 0.2) is 0 Å². The molecule has 3 heteroatoms. The van der Waals surface area contributed by atoms with Crippen LogP contribution in [0.5, 0.6) is 0 Å². The molecule has 0 spiro atoms. The Morgan fingerprint density at radius 2 is 2.10 bits per heavy atom. The minimum absolute atomic E-state index is 0.428. The summed E-state index contributed by atoms with van der Waals surface area (Å²) in [4.78, 5) is 4.39. The molecule has 1 rings (SSSR count). The van der Waals surface area contributed by atoms with E-state index >= 15 is 0 Å². The molecular weight excluding hydrogens is 278 g/mol. The van der Waals surface area contributed by atoms with E-state index in [9.17, 15) is 5.11 Å². The number of nitrogens with zero attached hydrogens (tertiary/aromatic N) is 1. The summed E-state index contributed by atoms with van der Waals surface area (Å²) in [5.74, 6) is 0. The zero-order valence-electron chi connectivity index (χ0n) is 13.6. The van der Waals surface area contributed by atoms with Crippen molar-refractivity contribution in [3.05, 3.63) is 45.5 Å². The average molecular weight is 305 g/mol. The molecule has 0 bridgehead atoms. The fourth-order valence-corrected chi connectivity index (χ4v) is 2.62. The highest BCUT2D eigenvalue weighted by molar-refractivity contribution is 7.09. The van der Waals surface area contributed by atoms with Crippen LogP contribution in [0.2, 0.25) is 0 Å². The first-order chi connectivity index (χ1) is 9.88. The highest BCUT2D eigenvalue weighted by atomic mass is 32.1. The molecular formula is C18H27NOS. The van der Waals surface area contributed by atoms with Crippen LogP contribution in [0.4, 0.5) is 0 Å². The molecule has 116 valence electrons. The summed E-state index contributed by atoms with van der Waals surface area (Å²) in [5, 5.41) is 13.3. The molecule has 1 heterocycles. The largest absolute Gasteiger partial charge is 0.388 e. The third kappa shape index (κ3) is 7.39. The maximum Gasteiger partial charge on any atom is 0.0901 e. The molecule has 0 aromatic carbocycles. The number of aliphatic hydroxyl groups is 1. The second kappa shape index (κ2) is 8.96. The molecule has 21 heavy (non-hydrogen) atoms. The SMILES string of the molecule is C=C(C)CCCC(C)=CC[C@H](O)C(C)=Cc1csc(C)n1. The first-order valence-electron chi connectivity index (χ1n) is 7.47. The monoisotopic (exact) mass is 305 g/mol. The van der Waals surface area contributed by atoms with Crippen LogP contribution in [0.15, 0.2) is 34.8 Å². The fourth-order valence-electron chi connectivity index (χ4n) is 2.05. The van der Waals surface area contributed by atoms with E-state index < -0.39 is 6.10 Å². The van der Waals surface area contributed by atoms with Gasteiger partial charge in [0.2, 0.25) is 0 Å². The van der Waals surface area contributed by atoms with Gasteiger partial charge in [-0.15, -0.1) is 17.9 Å². The van der Waals surface area contributed by atoms with E-state index in [0.29, 0.717) is 6.42 Å². The highest BCUT2D eigenvalue weighted by Crippen LogP contribution is 2.17. The Morgan fingerprint density at radius 1 is 1.38 bits per heavy atom. The number of allylic oxidation sites excluding steroid dienone is 2. The van der Waals surface area contributed by atoms with Crippen LogP contribution in [0.1, 0.15) is 57.2 Å². The molecule has 0 radical (unpaired) electrons. The summed E-state index contributed by atoms with van der Waals surface area (Å²) in [6, 6.07) is 0. The van der Waals surface area contributed by atoms with Gasteiger partial charge in [-0.3, -0.25) is 0 Å². The lowest BCUT2D eigenvalue weighted by atomic mass is 10.0. The van der Waals surface area contributed by atoms with E-state index in [1.165, 1.54) is 11.1 Å². The molecule has 0 aliphatic rings. The Bertz CT molecular complexity index is 525. The number of hydrogen-bond donors (Lipinski definition) is 1. The first kappa shape index (κ1) is 17.9. The van der Waals surface area contributed by atoms with Crippen molar-refractivity contribution in [1.82, 2.24) is 4.98 Å². The molecule has 0 unspecified atom stereocenters. The van der Waals surface area contributed by atoms with Crippen LogP contribution in [0, 0.1) is 6.92 Å². The summed E-state index contributed by atoms with van der Waals surface area (Å²) in [7, 11) is 0. The van der Waals surface area contributed by atoms with Gasteiger partial charge in [-0.2, -0.15) is 0 Å². The van der Waals surface area contributed by atoms with Gasteiger partial charge in [0, 0.05) is 5.38 Å². The van der Waals surface area contributed by atoms with Gasteiger partial charge in [-0.1, -0.05) is 17.2 Å². The van der Waals surface area contributed by atoms with Gasteiger partial charge in [-0.25, -0.2) is 4.98 Å². The van der Waals surface area contributed by atoms with E-state index in [2.05, 4.69) is 31.5 Å². The number of thiazole rings is 1. The third-order valence-corrected chi connectivity index (χ3v) is 4.19. The maximum absolute atomic E-state index is 10.2. The van der Waals surface area contributed by atoms with Crippen LogP contribution in [-0.2, 0) is 0 Å². The van der Waals surface area contributed by atoms with Crippen molar-refractivity contribution in [3.63, 3.8) is 0 Å². The van der Waals surface area contributed by atoms with Gasteiger partial charge in [0.1, 0.15) is 0 Å². The highest BCUT2D eigenvalue weighted by Gasteiger charge is 2.06. The Balaban J connectivity index is 2.46. The van der Waals surface area contributed by atoms with Crippen molar-refractivity contribution in [1.29, 1.82) is 0 Å². The van der Waals surface area contributed by atoms with Crippen molar-refractivity contribution < 1.29 is 5.11 Å². The van der Waals surface area contributed by atoms with E-state index in [4.69, 9.17) is 0 Å². The predicted molar refractivity (Wildman–Crippen MR) is 93.5 cm³/mol. The van der Waals surface area contributed by atoms with Gasteiger partial charge in [0.25, 0.3) is 0 Å². The van der Waals surface area contributed by atoms with E-state index in [-0.39, 0.29) is 0 Å². The molecule has 0 amide bonds. The number of aryl methyl sites for hydroxylation is 1. The summed E-state index contributed by atoms with van der Waals surface area (Å²) >= 11 is 1.63. The van der Waals surface area contributed by atoms with E-state index in [0.717, 1.165) is 35.5 Å². The summed E-state index contributed by atoms with van der Waals surface area (Å²) in [6.45, 7) is 12.1. The molecule has 1 aromatic rings. The normalized spacial score (nSPS) is 14.3. The minimum atomic E-state index is -0.428. The van der Waals surface area contributed by atoms with E-state index in [1.807, 2.05) is 25.3 Å². The topological polar surface area (TPSA) is 33.1 Å². The summed E-state index contributed by atoms with van der Waals surface area (Å²) in [5.41, 5.74) is 4.48. The fraction of sp³-hybridized carbons (Fsp3) is 0.500. The smallest absolute Gasteiger partial charge is 0.0901 e. The van der Waals surface area contributed by atoms with Crippen LogP contribution in [0.25, 0.3) is 6.08 Å². The Morgan fingerprint density at radius 3 is 2.67 bits per heavy atom. The van der Waals surface area contributed by atoms with Crippen molar-refractivity contribution >= 4 is 17.4 Å². The zero-order valence-corrected chi connectivity index (χ0v) is 14.5. The van der Waals surface area contributed by atoms with Crippen molar-refractivity contribution in [2.75, 3.05) is 0 Å². The number of rotatable bonds is 8. The number of aromatic nitrogens is 1. The lowest BCUT2D eigenvalue weighted by Gasteiger charge is -2.09. The molecule has 1 N–H and O–H groups in total. The molecule has 1 atom stereocenters. The zero-order chi connectivity index (χ0) is 15.8. The lowest BCUT2D eigenvalue weighted by molar-refractivity contribution is 0.215. The molecule has 0 aliphatic carbocycles. The quantitative estimate of drug-likeness (QED) is 0.661. The number of aliphatic hydroxyl groups excluding tert-OH is 1. The molecule has 0 saturated heterocycles. The molecule has 1 aromatic heterocycles. The molecule has 0 aliphatic heterocycles. The van der Waals surface area contributed by atoms with Crippen molar-refractivity contribution in [2.24, 2.45) is 0 Å². The van der Waals surface area contributed by atoms with Crippen LogP contribution >= 0.6 is 11.3 Å². The standard InChI is InChI=1S/C18H27NOS/c1-13(2)7-6-8-14(3)9-10-18(20)15(4)11-17-12-21-16(5)19-17/h9,11-12,18,20H,1,6-8,10H2,2-5H3/t18-/m0/s1. The van der Waals surface area contributed by atoms with Gasteiger partial charge in [0.05, 0.1) is 16.8 Å². The van der Waals surface area contributed by atoms with Crippen molar-refractivity contribution in [2.45, 2.75) is 59.5 Å². The van der Waals surface area contributed by atoms with Gasteiger partial charge in [-0.05, 0) is 65.0 Å². The molecule has 0 fully saturated rings. The number of hydrogen-bond acceptors (Lipinski definition) is 3. The summed E-state index contributed by atoms with van der Waals surface area (Å²) in [6.07, 6.45) is 7.66. The van der Waals surface area contributed by atoms with Crippen LogP contribution < -0.4 is 0 Å². The maximum atomic E-state index is 10.2. The van der Waals surface area contributed by atoms with Crippen LogP contribution in [0.3, 0.4) is 0 Å². The molecule has 0 saturated carbocycles. The Kier molecular flexibility index (Phi) is 7.62. The predicted octanol–water partition coefficient (Wildman–Crippen LogP) is 5.30. The van der Waals surface area contributed by atoms with Gasteiger partial charge >= 0.3 is 0 Å². The van der Waals surface area contributed by atoms with Gasteiger partial charge < -0.3 is 5.11 Å². The summed E-state index contributed by atoms with van der Waals surface area (Å²) < 4.78 is 0. The van der Waals surface area contributed by atoms with E-state index in [1.54, 1.807) is 11.3 Å². The Labute approximate surface area is 132 Å². The van der Waals surface area contributed by atoms with Crippen molar-refractivity contribution in [3.8, 4) is 0 Å². The third-order valence-electron chi connectivity index (χ3n) is 3.40. The average Bonchev–Trinajstić information content (AvgIpc) is 2.80. The second-order valence-corrected chi connectivity index (χ2v) is 6.85. The minimum Gasteiger partial charge on any atom is -0.388 e.